The third kappa shape index (κ3) is 8.29. The van der Waals surface area contributed by atoms with Crippen molar-refractivity contribution in [3.05, 3.63) is 101 Å². The number of sulfonamides is 1. The van der Waals surface area contributed by atoms with Gasteiger partial charge in [0.2, 0.25) is 21.8 Å². The molecule has 1 atom stereocenters. The maximum Gasteiger partial charge on any atom is 0.242 e. The minimum Gasteiger partial charge on any atom is -0.357 e. The van der Waals surface area contributed by atoms with E-state index in [9.17, 15) is 22.4 Å². The number of amides is 2. The molecule has 3 aromatic rings. The van der Waals surface area contributed by atoms with Crippen molar-refractivity contribution < 1.29 is 22.4 Å². The highest BCUT2D eigenvalue weighted by Gasteiger charge is 2.30. The molecule has 0 bridgehead atoms. The average Bonchev–Trinajstić information content (AvgIpc) is 2.89. The van der Waals surface area contributed by atoms with E-state index in [1.807, 2.05) is 30.3 Å². The van der Waals surface area contributed by atoms with Crippen molar-refractivity contribution in [3.8, 4) is 0 Å². The van der Waals surface area contributed by atoms with Crippen LogP contribution in [0.1, 0.15) is 24.0 Å². The first-order valence-electron chi connectivity index (χ1n) is 12.1. The largest absolute Gasteiger partial charge is 0.357 e. The van der Waals surface area contributed by atoms with Gasteiger partial charge in [0.15, 0.2) is 0 Å². The summed E-state index contributed by atoms with van der Waals surface area (Å²) in [6.07, 6.45) is 1.59. The Morgan fingerprint density at radius 3 is 2.26 bits per heavy atom. The first-order chi connectivity index (χ1) is 18.1. The number of hydrogen-bond donors (Lipinski definition) is 1. The van der Waals surface area contributed by atoms with Gasteiger partial charge in [-0.2, -0.15) is 0 Å². The topological polar surface area (TPSA) is 86.8 Å². The number of nitrogens with one attached hydrogen (secondary N) is 1. The van der Waals surface area contributed by atoms with E-state index in [2.05, 4.69) is 5.32 Å². The lowest BCUT2D eigenvalue weighted by Crippen LogP contribution is -2.49. The Balaban J connectivity index is 1.84. The molecule has 0 aliphatic heterocycles. The second-order valence-corrected chi connectivity index (χ2v) is 11.2. The standard InChI is InChI=1S/C28H31ClFN3O4S/c1-31-28(35)26(18-21-8-4-3-5-9-21)32(20-22-13-15-24(30)16-14-22)27(34)12-7-17-33(38(2,36)37)25-11-6-10-23(29)19-25/h3-6,8-11,13-16,19,26H,7,12,17-18,20H2,1-2H3,(H,31,35)/t26-/m1/s1. The minimum atomic E-state index is -3.63. The van der Waals surface area contributed by atoms with Gasteiger partial charge in [-0.3, -0.25) is 13.9 Å². The number of anilines is 1. The molecule has 0 aliphatic rings. The third-order valence-corrected chi connectivity index (χ3v) is 7.46. The summed E-state index contributed by atoms with van der Waals surface area (Å²) >= 11 is 6.05. The number of benzene rings is 3. The molecule has 202 valence electrons. The quantitative estimate of drug-likeness (QED) is 0.356. The number of carbonyl (C=O) groups is 2. The lowest BCUT2D eigenvalue weighted by Gasteiger charge is -2.31. The summed E-state index contributed by atoms with van der Waals surface area (Å²) in [6.45, 7) is 0.146. The summed E-state index contributed by atoms with van der Waals surface area (Å²) in [7, 11) is -2.12. The van der Waals surface area contributed by atoms with Gasteiger partial charge in [0.1, 0.15) is 11.9 Å². The SMILES string of the molecule is CNC(=O)[C@@H](Cc1ccccc1)N(Cc1ccc(F)cc1)C(=O)CCCN(c1cccc(Cl)c1)S(C)(=O)=O. The van der Waals surface area contributed by atoms with E-state index in [1.165, 1.54) is 28.4 Å². The van der Waals surface area contributed by atoms with Crippen LogP contribution in [0.3, 0.4) is 0 Å². The van der Waals surface area contributed by atoms with Gasteiger partial charge in [-0.15, -0.1) is 0 Å². The van der Waals surface area contributed by atoms with Crippen LogP contribution in [0.4, 0.5) is 10.1 Å². The molecule has 0 unspecified atom stereocenters. The molecule has 0 fully saturated rings. The van der Waals surface area contributed by atoms with Gasteiger partial charge in [0.25, 0.3) is 0 Å². The fourth-order valence-corrected chi connectivity index (χ4v) is 5.28. The van der Waals surface area contributed by atoms with Crippen LogP contribution in [0, 0.1) is 5.82 Å². The Morgan fingerprint density at radius 1 is 0.974 bits per heavy atom. The Labute approximate surface area is 228 Å². The number of carbonyl (C=O) groups excluding carboxylic acids is 2. The summed E-state index contributed by atoms with van der Waals surface area (Å²) < 4.78 is 39.6. The van der Waals surface area contributed by atoms with Crippen molar-refractivity contribution in [1.29, 1.82) is 0 Å². The normalized spacial score (nSPS) is 12.0. The van der Waals surface area contributed by atoms with E-state index < -0.39 is 21.9 Å². The number of rotatable bonds is 12. The van der Waals surface area contributed by atoms with Crippen molar-refractivity contribution in [2.45, 2.75) is 31.8 Å². The van der Waals surface area contributed by atoms with Crippen molar-refractivity contribution >= 4 is 39.1 Å². The first kappa shape index (κ1) is 29.1. The smallest absolute Gasteiger partial charge is 0.242 e. The Morgan fingerprint density at radius 2 is 1.66 bits per heavy atom. The number of hydrogen-bond acceptors (Lipinski definition) is 4. The van der Waals surface area contributed by atoms with Crippen LogP contribution in [0.15, 0.2) is 78.9 Å². The monoisotopic (exact) mass is 559 g/mol. The van der Waals surface area contributed by atoms with Gasteiger partial charge < -0.3 is 10.2 Å². The highest BCUT2D eigenvalue weighted by Crippen LogP contribution is 2.23. The van der Waals surface area contributed by atoms with Crippen LogP contribution >= 0.6 is 11.6 Å². The predicted octanol–water partition coefficient (Wildman–Crippen LogP) is 4.41. The highest BCUT2D eigenvalue weighted by atomic mass is 35.5. The lowest BCUT2D eigenvalue weighted by atomic mass is 10.0. The van der Waals surface area contributed by atoms with Crippen LogP contribution in [-0.2, 0) is 32.6 Å². The summed E-state index contributed by atoms with van der Waals surface area (Å²) in [5.41, 5.74) is 1.95. The van der Waals surface area contributed by atoms with E-state index in [-0.39, 0.29) is 44.2 Å². The van der Waals surface area contributed by atoms with E-state index in [1.54, 1.807) is 36.4 Å². The highest BCUT2D eigenvalue weighted by molar-refractivity contribution is 7.92. The maximum absolute atomic E-state index is 13.6. The molecule has 0 spiro atoms. The molecule has 3 rings (SSSR count). The summed E-state index contributed by atoms with van der Waals surface area (Å²) in [6, 6.07) is 20.8. The second kappa shape index (κ2) is 13.4. The molecular weight excluding hydrogens is 529 g/mol. The van der Waals surface area contributed by atoms with Crippen LogP contribution in [0.5, 0.6) is 0 Å². The summed E-state index contributed by atoms with van der Waals surface area (Å²) in [5, 5.41) is 3.04. The molecule has 0 radical (unpaired) electrons. The fourth-order valence-electron chi connectivity index (χ4n) is 4.14. The number of likely N-dealkylation sites (N-methyl/N-ethyl adjacent to an activating group) is 1. The zero-order valence-electron chi connectivity index (χ0n) is 21.3. The first-order valence-corrected chi connectivity index (χ1v) is 14.3. The predicted molar refractivity (Wildman–Crippen MR) is 148 cm³/mol. The third-order valence-electron chi connectivity index (χ3n) is 6.03. The Kier molecular flexibility index (Phi) is 10.3. The van der Waals surface area contributed by atoms with Crippen LogP contribution in [0.25, 0.3) is 0 Å². The molecule has 3 aromatic carbocycles. The van der Waals surface area contributed by atoms with Crippen molar-refractivity contribution in [1.82, 2.24) is 10.2 Å². The van der Waals surface area contributed by atoms with Gasteiger partial charge in [-0.1, -0.05) is 60.1 Å². The number of halogens is 2. The molecule has 0 heterocycles. The van der Waals surface area contributed by atoms with Gasteiger partial charge in [-0.05, 0) is 47.9 Å². The maximum atomic E-state index is 13.6. The van der Waals surface area contributed by atoms with E-state index >= 15 is 0 Å². The van der Waals surface area contributed by atoms with Crippen molar-refractivity contribution in [2.24, 2.45) is 0 Å². The molecular formula is C28H31ClFN3O4S. The van der Waals surface area contributed by atoms with Crippen molar-refractivity contribution in [3.63, 3.8) is 0 Å². The molecule has 0 aromatic heterocycles. The van der Waals surface area contributed by atoms with E-state index in [0.29, 0.717) is 16.3 Å². The molecule has 38 heavy (non-hydrogen) atoms. The molecule has 1 N–H and O–H groups in total. The molecule has 0 saturated carbocycles. The Hall–Kier alpha value is -3.43. The van der Waals surface area contributed by atoms with E-state index in [4.69, 9.17) is 11.6 Å². The van der Waals surface area contributed by atoms with Gasteiger partial charge in [-0.25, -0.2) is 12.8 Å². The zero-order chi connectivity index (χ0) is 27.7. The fraction of sp³-hybridized carbons (Fsp3) is 0.286. The van der Waals surface area contributed by atoms with Gasteiger partial charge in [0, 0.05) is 38.0 Å². The minimum absolute atomic E-state index is 0.00390. The lowest BCUT2D eigenvalue weighted by molar-refractivity contribution is -0.141. The molecule has 7 nitrogen and oxygen atoms in total. The summed E-state index contributed by atoms with van der Waals surface area (Å²) in [5.74, 6) is -1.06. The number of nitrogens with zero attached hydrogens (tertiary/aromatic N) is 2. The average molecular weight is 560 g/mol. The Bertz CT molecular complexity index is 1340. The van der Waals surface area contributed by atoms with E-state index in [0.717, 1.165) is 11.8 Å². The molecule has 10 heteroatoms. The van der Waals surface area contributed by atoms with Gasteiger partial charge in [0.05, 0.1) is 11.9 Å². The second-order valence-electron chi connectivity index (χ2n) is 8.89. The molecule has 2 amide bonds. The molecule has 0 aliphatic carbocycles. The molecule has 0 saturated heterocycles. The van der Waals surface area contributed by atoms with Crippen molar-refractivity contribution in [2.75, 3.05) is 24.2 Å². The van der Waals surface area contributed by atoms with Gasteiger partial charge >= 0.3 is 0 Å². The zero-order valence-corrected chi connectivity index (χ0v) is 22.9. The summed E-state index contributed by atoms with van der Waals surface area (Å²) in [4.78, 5) is 28.0. The van der Waals surface area contributed by atoms with Crippen LogP contribution in [-0.4, -0.2) is 51.0 Å². The van der Waals surface area contributed by atoms with Crippen LogP contribution in [0.2, 0.25) is 5.02 Å². The van der Waals surface area contributed by atoms with Crippen LogP contribution < -0.4 is 9.62 Å².